The third-order valence-electron chi connectivity index (χ3n) is 3.23. The quantitative estimate of drug-likeness (QED) is 0.796. The van der Waals surface area contributed by atoms with Crippen molar-refractivity contribution in [3.8, 4) is 5.75 Å². The zero-order valence-corrected chi connectivity index (χ0v) is 9.74. The van der Waals surface area contributed by atoms with Gasteiger partial charge in [-0.2, -0.15) is 0 Å². The summed E-state index contributed by atoms with van der Waals surface area (Å²) in [5, 5.41) is 0. The molecule has 0 atom stereocenters. The van der Waals surface area contributed by atoms with Gasteiger partial charge in [-0.15, -0.1) is 0 Å². The minimum atomic E-state index is 0.697. The van der Waals surface area contributed by atoms with Crippen LogP contribution in [-0.4, -0.2) is 20.3 Å². The monoisotopic (exact) mass is 221 g/mol. The number of rotatable bonds is 3. The molecular formula is C13H19NO2. The van der Waals surface area contributed by atoms with Gasteiger partial charge >= 0.3 is 0 Å². The number of anilines is 1. The average Bonchev–Trinajstić information content (AvgIpc) is 2.33. The van der Waals surface area contributed by atoms with Crippen molar-refractivity contribution in [2.45, 2.75) is 19.3 Å². The molecule has 1 saturated heterocycles. The Bertz CT molecular complexity index is 346. The lowest BCUT2D eigenvalue weighted by atomic mass is 9.91. The second-order valence-corrected chi connectivity index (χ2v) is 4.29. The number of hydrogen-bond acceptors (Lipinski definition) is 3. The first-order valence-corrected chi connectivity index (χ1v) is 5.80. The van der Waals surface area contributed by atoms with E-state index in [1.165, 1.54) is 5.56 Å². The smallest absolute Gasteiger partial charge is 0.142 e. The lowest BCUT2D eigenvalue weighted by Gasteiger charge is -2.22. The molecule has 16 heavy (non-hydrogen) atoms. The fourth-order valence-corrected chi connectivity index (χ4v) is 2.21. The van der Waals surface area contributed by atoms with Crippen LogP contribution in [0.1, 0.15) is 18.4 Å². The van der Waals surface area contributed by atoms with Crippen molar-refractivity contribution in [1.82, 2.24) is 0 Å². The Labute approximate surface area is 96.5 Å². The summed E-state index contributed by atoms with van der Waals surface area (Å²) >= 11 is 0. The number of benzene rings is 1. The molecule has 1 aliphatic rings. The van der Waals surface area contributed by atoms with Crippen LogP contribution in [0.4, 0.5) is 5.69 Å². The molecule has 3 heteroatoms. The summed E-state index contributed by atoms with van der Waals surface area (Å²) in [4.78, 5) is 0. The van der Waals surface area contributed by atoms with E-state index in [2.05, 4.69) is 6.07 Å². The summed E-state index contributed by atoms with van der Waals surface area (Å²) in [6.07, 6.45) is 3.31. The van der Waals surface area contributed by atoms with Crippen molar-refractivity contribution in [3.05, 3.63) is 23.8 Å². The summed E-state index contributed by atoms with van der Waals surface area (Å²) in [6.45, 7) is 1.77. The summed E-state index contributed by atoms with van der Waals surface area (Å²) in [5.74, 6) is 1.48. The second-order valence-electron chi connectivity index (χ2n) is 4.29. The van der Waals surface area contributed by atoms with Crippen molar-refractivity contribution in [1.29, 1.82) is 0 Å². The highest BCUT2D eigenvalue weighted by atomic mass is 16.5. The maximum Gasteiger partial charge on any atom is 0.142 e. The minimum Gasteiger partial charge on any atom is -0.495 e. The van der Waals surface area contributed by atoms with Crippen molar-refractivity contribution >= 4 is 5.69 Å². The predicted molar refractivity (Wildman–Crippen MR) is 64.7 cm³/mol. The van der Waals surface area contributed by atoms with Crippen LogP contribution in [0, 0.1) is 5.92 Å². The molecule has 1 aromatic carbocycles. The van der Waals surface area contributed by atoms with Crippen LogP contribution < -0.4 is 10.5 Å². The number of para-hydroxylation sites is 1. The highest BCUT2D eigenvalue weighted by Gasteiger charge is 2.16. The normalized spacial score (nSPS) is 17.3. The van der Waals surface area contributed by atoms with Crippen molar-refractivity contribution < 1.29 is 9.47 Å². The van der Waals surface area contributed by atoms with Crippen LogP contribution >= 0.6 is 0 Å². The van der Waals surface area contributed by atoms with Crippen LogP contribution in [0.15, 0.2) is 18.2 Å². The predicted octanol–water partition coefficient (Wildman–Crippen LogP) is 2.25. The molecule has 0 saturated carbocycles. The highest BCUT2D eigenvalue weighted by molar-refractivity contribution is 5.58. The van der Waals surface area contributed by atoms with Gasteiger partial charge in [-0.1, -0.05) is 12.1 Å². The summed E-state index contributed by atoms with van der Waals surface area (Å²) in [5.41, 5.74) is 8.04. The highest BCUT2D eigenvalue weighted by Crippen LogP contribution is 2.29. The Hall–Kier alpha value is -1.22. The Balaban J connectivity index is 2.08. The van der Waals surface area contributed by atoms with Gasteiger partial charge in [0.15, 0.2) is 0 Å². The molecule has 1 fully saturated rings. The van der Waals surface area contributed by atoms with Gasteiger partial charge in [0.25, 0.3) is 0 Å². The molecule has 1 heterocycles. The third kappa shape index (κ3) is 2.47. The number of nitrogen functional groups attached to an aromatic ring is 1. The van der Waals surface area contributed by atoms with Crippen LogP contribution in [-0.2, 0) is 11.2 Å². The second kappa shape index (κ2) is 5.21. The van der Waals surface area contributed by atoms with Crippen molar-refractivity contribution in [3.63, 3.8) is 0 Å². The lowest BCUT2D eigenvalue weighted by molar-refractivity contribution is 0.0666. The molecule has 1 aliphatic heterocycles. The zero-order chi connectivity index (χ0) is 11.4. The van der Waals surface area contributed by atoms with E-state index in [0.717, 1.165) is 43.9 Å². The van der Waals surface area contributed by atoms with Gasteiger partial charge in [0.1, 0.15) is 5.75 Å². The van der Waals surface area contributed by atoms with Gasteiger partial charge in [-0.05, 0) is 36.8 Å². The molecule has 0 unspecified atom stereocenters. The Morgan fingerprint density at radius 1 is 1.38 bits per heavy atom. The molecule has 2 N–H and O–H groups in total. The maximum atomic E-state index is 6.05. The van der Waals surface area contributed by atoms with Gasteiger partial charge in [0, 0.05) is 13.2 Å². The Morgan fingerprint density at radius 2 is 2.12 bits per heavy atom. The largest absolute Gasteiger partial charge is 0.495 e. The fourth-order valence-electron chi connectivity index (χ4n) is 2.21. The van der Waals surface area contributed by atoms with Crippen LogP contribution in [0.3, 0.4) is 0 Å². The van der Waals surface area contributed by atoms with E-state index in [4.69, 9.17) is 15.2 Å². The Kier molecular flexibility index (Phi) is 3.67. The molecule has 0 amide bonds. The number of nitrogens with two attached hydrogens (primary N) is 1. The maximum absolute atomic E-state index is 6.05. The molecule has 2 rings (SSSR count). The summed E-state index contributed by atoms with van der Waals surface area (Å²) < 4.78 is 10.6. The first-order chi connectivity index (χ1) is 7.81. The van der Waals surface area contributed by atoms with Crippen LogP contribution in [0.5, 0.6) is 5.75 Å². The van der Waals surface area contributed by atoms with E-state index >= 15 is 0 Å². The minimum absolute atomic E-state index is 0.697. The van der Waals surface area contributed by atoms with Gasteiger partial charge in [-0.3, -0.25) is 0 Å². The van der Waals surface area contributed by atoms with Crippen molar-refractivity contribution in [2.75, 3.05) is 26.1 Å². The molecular weight excluding hydrogens is 202 g/mol. The lowest BCUT2D eigenvalue weighted by Crippen LogP contribution is -2.18. The number of hydrogen-bond donors (Lipinski definition) is 1. The molecule has 88 valence electrons. The van der Waals surface area contributed by atoms with E-state index in [1.54, 1.807) is 7.11 Å². The van der Waals surface area contributed by atoms with Gasteiger partial charge < -0.3 is 15.2 Å². The van der Waals surface area contributed by atoms with Gasteiger partial charge in [-0.25, -0.2) is 0 Å². The summed E-state index contributed by atoms with van der Waals surface area (Å²) in [6, 6.07) is 6.00. The van der Waals surface area contributed by atoms with Crippen molar-refractivity contribution in [2.24, 2.45) is 5.92 Å². The van der Waals surface area contributed by atoms with Crippen LogP contribution in [0.25, 0.3) is 0 Å². The third-order valence-corrected chi connectivity index (χ3v) is 3.23. The van der Waals surface area contributed by atoms with E-state index in [1.807, 2.05) is 12.1 Å². The number of methoxy groups -OCH3 is 1. The van der Waals surface area contributed by atoms with E-state index in [0.29, 0.717) is 5.92 Å². The molecule has 0 aromatic heterocycles. The van der Waals surface area contributed by atoms with Gasteiger partial charge in [0.2, 0.25) is 0 Å². The average molecular weight is 221 g/mol. The molecule has 0 aliphatic carbocycles. The SMILES string of the molecule is COc1cccc(CC2CCOCC2)c1N. The molecule has 0 radical (unpaired) electrons. The first-order valence-electron chi connectivity index (χ1n) is 5.80. The topological polar surface area (TPSA) is 44.5 Å². The molecule has 0 bridgehead atoms. The summed E-state index contributed by atoms with van der Waals surface area (Å²) in [7, 11) is 1.66. The molecule has 1 aromatic rings. The van der Waals surface area contributed by atoms with Gasteiger partial charge in [0.05, 0.1) is 12.8 Å². The zero-order valence-electron chi connectivity index (χ0n) is 9.74. The number of ether oxygens (including phenoxy) is 2. The standard InChI is InChI=1S/C13H19NO2/c1-15-12-4-2-3-11(13(12)14)9-10-5-7-16-8-6-10/h2-4,10H,5-9,14H2,1H3. The Morgan fingerprint density at radius 3 is 2.81 bits per heavy atom. The first kappa shape index (κ1) is 11.3. The van der Waals surface area contributed by atoms with Crippen LogP contribution in [0.2, 0.25) is 0 Å². The van der Waals surface area contributed by atoms with E-state index < -0.39 is 0 Å². The van der Waals surface area contributed by atoms with E-state index in [-0.39, 0.29) is 0 Å². The fraction of sp³-hybridized carbons (Fsp3) is 0.538. The molecule has 3 nitrogen and oxygen atoms in total. The molecule has 0 spiro atoms. The van der Waals surface area contributed by atoms with E-state index in [9.17, 15) is 0 Å².